The summed E-state index contributed by atoms with van der Waals surface area (Å²) < 4.78 is 10.5. The minimum Gasteiger partial charge on any atom is -0.497 e. The van der Waals surface area contributed by atoms with Crippen LogP contribution in [-0.4, -0.2) is 25.6 Å². The van der Waals surface area contributed by atoms with E-state index >= 15 is 0 Å². The highest BCUT2D eigenvalue weighted by Gasteiger charge is 2.32. The number of carbonyl (C=O) groups excluding carboxylic acids is 1. The molecular weight excluding hydrogens is 240 g/mol. The first-order valence-electron chi connectivity index (χ1n) is 5.63. The molecule has 1 fully saturated rings. The fourth-order valence-corrected chi connectivity index (χ4v) is 2.27. The quantitative estimate of drug-likeness (QED) is 0.778. The summed E-state index contributed by atoms with van der Waals surface area (Å²) in [6.45, 7) is 2.67. The fraction of sp³-hybridized carbons (Fsp3) is 0.462. The summed E-state index contributed by atoms with van der Waals surface area (Å²) in [5.41, 5.74) is 0.506. The Balaban J connectivity index is 2.25. The summed E-state index contributed by atoms with van der Waals surface area (Å²) in [6, 6.07) is 5.07. The number of benzene rings is 1. The molecule has 0 spiro atoms. The third-order valence-electron chi connectivity index (χ3n) is 3.09. The van der Waals surface area contributed by atoms with E-state index < -0.39 is 0 Å². The third-order valence-corrected chi connectivity index (χ3v) is 3.40. The van der Waals surface area contributed by atoms with Crippen LogP contribution >= 0.6 is 11.6 Å². The molecule has 1 aromatic rings. The molecule has 0 radical (unpaired) electrons. The van der Waals surface area contributed by atoms with Crippen LogP contribution in [-0.2, 0) is 4.74 Å². The van der Waals surface area contributed by atoms with E-state index in [1.54, 1.807) is 25.3 Å². The number of Topliss-reactive ketones (excluding diaryl/α,β-unsaturated/α-hetero) is 1. The standard InChI is InChI=1S/C13H15ClO3/c1-8-5-6-17-13(8)12(15)10-4-3-9(16-2)7-11(10)14/h3-4,7-8,13H,5-6H2,1-2H3. The van der Waals surface area contributed by atoms with Crippen molar-refractivity contribution in [2.75, 3.05) is 13.7 Å². The molecule has 0 bridgehead atoms. The molecule has 1 aromatic carbocycles. The van der Waals surface area contributed by atoms with E-state index in [4.69, 9.17) is 21.1 Å². The Morgan fingerprint density at radius 1 is 1.53 bits per heavy atom. The van der Waals surface area contributed by atoms with E-state index in [0.29, 0.717) is 22.9 Å². The zero-order chi connectivity index (χ0) is 12.4. The lowest BCUT2D eigenvalue weighted by molar-refractivity contribution is 0.0579. The maximum Gasteiger partial charge on any atom is 0.193 e. The van der Waals surface area contributed by atoms with Gasteiger partial charge in [-0.3, -0.25) is 4.79 Å². The second kappa shape index (κ2) is 5.07. The van der Waals surface area contributed by atoms with Crippen molar-refractivity contribution in [2.24, 2.45) is 5.92 Å². The average molecular weight is 255 g/mol. The van der Waals surface area contributed by atoms with Gasteiger partial charge in [-0.1, -0.05) is 18.5 Å². The van der Waals surface area contributed by atoms with Crippen molar-refractivity contribution >= 4 is 17.4 Å². The van der Waals surface area contributed by atoms with Gasteiger partial charge in [0, 0.05) is 12.2 Å². The zero-order valence-electron chi connectivity index (χ0n) is 9.90. The van der Waals surface area contributed by atoms with Gasteiger partial charge in [-0.2, -0.15) is 0 Å². The zero-order valence-corrected chi connectivity index (χ0v) is 10.7. The van der Waals surface area contributed by atoms with Gasteiger partial charge in [0.05, 0.1) is 12.1 Å². The van der Waals surface area contributed by atoms with Crippen LogP contribution in [0.2, 0.25) is 5.02 Å². The third kappa shape index (κ3) is 2.45. The largest absolute Gasteiger partial charge is 0.497 e. The van der Waals surface area contributed by atoms with Gasteiger partial charge in [0.25, 0.3) is 0 Å². The Morgan fingerprint density at radius 3 is 2.82 bits per heavy atom. The molecule has 92 valence electrons. The lowest BCUT2D eigenvalue weighted by Crippen LogP contribution is -2.25. The smallest absolute Gasteiger partial charge is 0.193 e. The molecule has 0 aromatic heterocycles. The summed E-state index contributed by atoms with van der Waals surface area (Å²) in [5, 5.41) is 0.414. The molecule has 0 saturated carbocycles. The molecule has 1 aliphatic rings. The van der Waals surface area contributed by atoms with E-state index in [9.17, 15) is 4.79 Å². The van der Waals surface area contributed by atoms with Crippen LogP contribution in [0.1, 0.15) is 23.7 Å². The Morgan fingerprint density at radius 2 is 2.29 bits per heavy atom. The van der Waals surface area contributed by atoms with Crippen molar-refractivity contribution < 1.29 is 14.3 Å². The lowest BCUT2D eigenvalue weighted by atomic mass is 9.96. The summed E-state index contributed by atoms with van der Waals surface area (Å²) >= 11 is 6.07. The highest BCUT2D eigenvalue weighted by molar-refractivity contribution is 6.34. The van der Waals surface area contributed by atoms with Crippen LogP contribution in [0.4, 0.5) is 0 Å². The van der Waals surface area contributed by atoms with Crippen molar-refractivity contribution in [1.29, 1.82) is 0 Å². The predicted molar refractivity (Wildman–Crippen MR) is 65.9 cm³/mol. The molecule has 0 aliphatic carbocycles. The number of hydrogen-bond acceptors (Lipinski definition) is 3. The van der Waals surface area contributed by atoms with Crippen molar-refractivity contribution in [1.82, 2.24) is 0 Å². The van der Waals surface area contributed by atoms with Crippen molar-refractivity contribution in [3.63, 3.8) is 0 Å². The van der Waals surface area contributed by atoms with E-state index in [1.165, 1.54) is 0 Å². The van der Waals surface area contributed by atoms with Gasteiger partial charge < -0.3 is 9.47 Å². The first-order valence-corrected chi connectivity index (χ1v) is 6.00. The van der Waals surface area contributed by atoms with Gasteiger partial charge in [0.2, 0.25) is 0 Å². The molecule has 2 rings (SSSR count). The number of carbonyl (C=O) groups is 1. The van der Waals surface area contributed by atoms with Gasteiger partial charge >= 0.3 is 0 Å². The molecule has 4 heteroatoms. The van der Waals surface area contributed by atoms with Gasteiger partial charge in [-0.25, -0.2) is 0 Å². The molecule has 2 unspecified atom stereocenters. The maximum absolute atomic E-state index is 12.2. The molecule has 1 aliphatic heterocycles. The van der Waals surface area contributed by atoms with Crippen LogP contribution in [0.5, 0.6) is 5.75 Å². The van der Waals surface area contributed by atoms with E-state index in [2.05, 4.69) is 0 Å². The van der Waals surface area contributed by atoms with Crippen LogP contribution < -0.4 is 4.74 Å². The first-order chi connectivity index (χ1) is 8.13. The number of rotatable bonds is 3. The number of ketones is 1. The molecule has 1 saturated heterocycles. The van der Waals surface area contributed by atoms with Crippen LogP contribution in [0, 0.1) is 5.92 Å². The maximum atomic E-state index is 12.2. The molecule has 2 atom stereocenters. The summed E-state index contributed by atoms with van der Waals surface area (Å²) in [5.74, 6) is 0.857. The second-order valence-corrected chi connectivity index (χ2v) is 4.67. The summed E-state index contributed by atoms with van der Waals surface area (Å²) in [4.78, 5) is 12.2. The van der Waals surface area contributed by atoms with Gasteiger partial charge in [-0.05, 0) is 30.5 Å². The predicted octanol–water partition coefficient (Wildman–Crippen LogP) is 2.96. The van der Waals surface area contributed by atoms with E-state index in [-0.39, 0.29) is 17.8 Å². The Hall–Kier alpha value is -1.06. The molecule has 1 heterocycles. The monoisotopic (exact) mass is 254 g/mol. The summed E-state index contributed by atoms with van der Waals surface area (Å²) in [7, 11) is 1.56. The molecule has 3 nitrogen and oxygen atoms in total. The van der Waals surface area contributed by atoms with Gasteiger partial charge in [0.1, 0.15) is 11.9 Å². The van der Waals surface area contributed by atoms with E-state index in [0.717, 1.165) is 6.42 Å². The van der Waals surface area contributed by atoms with Gasteiger partial charge in [-0.15, -0.1) is 0 Å². The van der Waals surface area contributed by atoms with Crippen LogP contribution in [0.3, 0.4) is 0 Å². The van der Waals surface area contributed by atoms with Crippen LogP contribution in [0.25, 0.3) is 0 Å². The minimum absolute atomic E-state index is 0.0392. The fourth-order valence-electron chi connectivity index (χ4n) is 2.01. The number of hydrogen-bond donors (Lipinski definition) is 0. The first kappa shape index (κ1) is 12.4. The number of halogens is 1. The molecule has 0 N–H and O–H groups in total. The topological polar surface area (TPSA) is 35.5 Å². The molecular formula is C13H15ClO3. The van der Waals surface area contributed by atoms with Crippen LogP contribution in [0.15, 0.2) is 18.2 Å². The normalized spacial score (nSPS) is 23.7. The highest BCUT2D eigenvalue weighted by Crippen LogP contribution is 2.28. The Kier molecular flexibility index (Phi) is 3.69. The SMILES string of the molecule is COc1ccc(C(=O)C2OCCC2C)c(Cl)c1. The van der Waals surface area contributed by atoms with Crippen molar-refractivity contribution in [2.45, 2.75) is 19.4 Å². The van der Waals surface area contributed by atoms with Crippen molar-refractivity contribution in [3.05, 3.63) is 28.8 Å². The Labute approximate surface area is 106 Å². The molecule has 0 amide bonds. The van der Waals surface area contributed by atoms with Gasteiger partial charge in [0.15, 0.2) is 5.78 Å². The number of methoxy groups -OCH3 is 1. The highest BCUT2D eigenvalue weighted by atomic mass is 35.5. The van der Waals surface area contributed by atoms with Crippen molar-refractivity contribution in [3.8, 4) is 5.75 Å². The summed E-state index contributed by atoms with van der Waals surface area (Å²) in [6.07, 6.45) is 0.561. The Bertz CT molecular complexity index is 431. The lowest BCUT2D eigenvalue weighted by Gasteiger charge is -2.14. The average Bonchev–Trinajstić information content (AvgIpc) is 2.74. The number of ether oxygens (including phenoxy) is 2. The second-order valence-electron chi connectivity index (χ2n) is 4.27. The minimum atomic E-state index is -0.360. The molecule has 17 heavy (non-hydrogen) atoms. The van der Waals surface area contributed by atoms with E-state index in [1.807, 2.05) is 6.92 Å².